The summed E-state index contributed by atoms with van der Waals surface area (Å²) >= 11 is 0. The van der Waals surface area contributed by atoms with Crippen LogP contribution in [0, 0.1) is 18.8 Å². The number of pyridine rings is 1. The second kappa shape index (κ2) is 11.4. The lowest BCUT2D eigenvalue weighted by Crippen LogP contribution is -2.23. The minimum atomic E-state index is -0.702. The lowest BCUT2D eigenvalue weighted by atomic mass is 9.99. The number of oxime groups is 1. The van der Waals surface area contributed by atoms with Gasteiger partial charge in [0.2, 0.25) is 5.95 Å². The molecular weight excluding hydrogens is 457 g/mol. The van der Waals surface area contributed by atoms with Gasteiger partial charge in [-0.15, -0.1) is 0 Å². The molecule has 1 N–H and O–H groups in total. The van der Waals surface area contributed by atoms with E-state index in [4.69, 9.17) is 4.84 Å². The molecule has 0 radical (unpaired) electrons. The van der Waals surface area contributed by atoms with E-state index in [0.717, 1.165) is 53.0 Å². The number of carboxylic acid groups (broad SMARTS) is 1. The van der Waals surface area contributed by atoms with Crippen molar-refractivity contribution in [1.82, 2.24) is 9.88 Å². The van der Waals surface area contributed by atoms with Crippen LogP contribution in [0.25, 0.3) is 11.1 Å². The largest absolute Gasteiger partial charge is 0.481 e. The van der Waals surface area contributed by atoms with Crippen molar-refractivity contribution in [1.29, 1.82) is 0 Å². The molecule has 0 unspecified atom stereocenters. The van der Waals surface area contributed by atoms with Gasteiger partial charge < -0.3 is 9.94 Å². The van der Waals surface area contributed by atoms with E-state index in [9.17, 15) is 14.3 Å². The number of carboxylic acids is 1. The average Bonchev–Trinajstić information content (AvgIpc) is 3.34. The van der Waals surface area contributed by atoms with Gasteiger partial charge in [-0.25, -0.2) is 4.98 Å². The number of aryl methyl sites for hydroxylation is 2. The highest BCUT2D eigenvalue weighted by molar-refractivity contribution is 5.98. The van der Waals surface area contributed by atoms with E-state index in [2.05, 4.69) is 40.2 Å². The van der Waals surface area contributed by atoms with E-state index in [0.29, 0.717) is 19.6 Å². The second-order valence-electron chi connectivity index (χ2n) is 9.37. The third-order valence-corrected chi connectivity index (χ3v) is 6.78. The van der Waals surface area contributed by atoms with Crippen molar-refractivity contribution < 1.29 is 19.1 Å². The predicted molar refractivity (Wildman–Crippen MR) is 138 cm³/mol. The van der Waals surface area contributed by atoms with E-state index in [-0.39, 0.29) is 5.92 Å². The van der Waals surface area contributed by atoms with Gasteiger partial charge >= 0.3 is 5.97 Å². The number of benzene rings is 2. The lowest BCUT2D eigenvalue weighted by molar-refractivity contribution is -0.141. The monoisotopic (exact) mass is 489 g/mol. The average molecular weight is 490 g/mol. The van der Waals surface area contributed by atoms with Gasteiger partial charge in [-0.1, -0.05) is 42.4 Å². The second-order valence-corrected chi connectivity index (χ2v) is 9.37. The molecule has 4 rings (SSSR count). The first-order valence-corrected chi connectivity index (χ1v) is 12.3. The summed E-state index contributed by atoms with van der Waals surface area (Å²) in [5, 5.41) is 13.6. The van der Waals surface area contributed by atoms with Crippen molar-refractivity contribution in [2.75, 3.05) is 13.1 Å². The van der Waals surface area contributed by atoms with Gasteiger partial charge in [0.15, 0.2) is 0 Å². The zero-order chi connectivity index (χ0) is 25.7. The van der Waals surface area contributed by atoms with E-state index >= 15 is 0 Å². The van der Waals surface area contributed by atoms with Crippen LogP contribution in [0.5, 0.6) is 0 Å². The molecule has 36 heavy (non-hydrogen) atoms. The van der Waals surface area contributed by atoms with Crippen molar-refractivity contribution in [3.63, 3.8) is 0 Å². The fraction of sp³-hybridized carbons (Fsp3) is 0.345. The summed E-state index contributed by atoms with van der Waals surface area (Å²) in [6, 6.07) is 15.4. The SMILES string of the molecule is CCc1cc(/C(C)=N/OCc2ccc(-c3ccc(F)nc3)c(C)c2)ccc1CN1CC[C@H](C(=O)O)C1. The first-order valence-electron chi connectivity index (χ1n) is 12.3. The van der Waals surface area contributed by atoms with Crippen LogP contribution < -0.4 is 0 Å². The molecule has 6 nitrogen and oxygen atoms in total. The Labute approximate surface area is 211 Å². The molecule has 1 aliphatic heterocycles. The summed E-state index contributed by atoms with van der Waals surface area (Å²) in [5.74, 6) is -1.46. The molecule has 0 spiro atoms. The van der Waals surface area contributed by atoms with Crippen LogP contribution in [0.2, 0.25) is 0 Å². The maximum Gasteiger partial charge on any atom is 0.307 e. The number of halogens is 1. The molecule has 0 aliphatic carbocycles. The summed E-state index contributed by atoms with van der Waals surface area (Å²) in [4.78, 5) is 22.9. The van der Waals surface area contributed by atoms with Gasteiger partial charge in [0.1, 0.15) is 6.61 Å². The Kier molecular flexibility index (Phi) is 8.10. The number of aromatic nitrogens is 1. The molecule has 0 saturated carbocycles. The molecule has 1 atom stereocenters. The smallest absolute Gasteiger partial charge is 0.307 e. The fourth-order valence-corrected chi connectivity index (χ4v) is 4.68. The highest BCUT2D eigenvalue weighted by Gasteiger charge is 2.28. The zero-order valence-corrected chi connectivity index (χ0v) is 21.0. The summed E-state index contributed by atoms with van der Waals surface area (Å²) in [6.45, 7) is 8.61. The molecule has 3 aromatic rings. The minimum Gasteiger partial charge on any atom is -0.481 e. The van der Waals surface area contributed by atoms with E-state index in [1.54, 1.807) is 6.07 Å². The summed E-state index contributed by atoms with van der Waals surface area (Å²) in [7, 11) is 0. The van der Waals surface area contributed by atoms with E-state index < -0.39 is 11.9 Å². The van der Waals surface area contributed by atoms with Crippen molar-refractivity contribution in [3.8, 4) is 11.1 Å². The Bertz CT molecular complexity index is 1260. The van der Waals surface area contributed by atoms with Gasteiger partial charge in [0.05, 0.1) is 11.6 Å². The molecule has 2 heterocycles. The maximum absolute atomic E-state index is 13.1. The fourth-order valence-electron chi connectivity index (χ4n) is 4.68. The lowest BCUT2D eigenvalue weighted by Gasteiger charge is -2.18. The van der Waals surface area contributed by atoms with E-state index in [1.165, 1.54) is 23.4 Å². The van der Waals surface area contributed by atoms with Crippen LogP contribution in [-0.4, -0.2) is 39.8 Å². The van der Waals surface area contributed by atoms with Crippen molar-refractivity contribution >= 4 is 11.7 Å². The van der Waals surface area contributed by atoms with Crippen molar-refractivity contribution in [2.45, 2.75) is 46.8 Å². The molecule has 0 bridgehead atoms. The highest BCUT2D eigenvalue weighted by Crippen LogP contribution is 2.25. The third kappa shape index (κ3) is 6.15. The number of hydrogen-bond acceptors (Lipinski definition) is 5. The van der Waals surface area contributed by atoms with Crippen LogP contribution in [-0.2, 0) is 29.2 Å². The molecule has 1 fully saturated rings. The predicted octanol–water partition coefficient (Wildman–Crippen LogP) is 5.61. The Morgan fingerprint density at radius 3 is 2.69 bits per heavy atom. The molecule has 0 amide bonds. The molecule has 2 aromatic carbocycles. The highest BCUT2D eigenvalue weighted by atomic mass is 19.1. The van der Waals surface area contributed by atoms with Crippen molar-refractivity contribution in [2.24, 2.45) is 11.1 Å². The number of likely N-dealkylation sites (tertiary alicyclic amines) is 1. The Hall–Kier alpha value is -3.58. The van der Waals surface area contributed by atoms with Crippen LogP contribution >= 0.6 is 0 Å². The van der Waals surface area contributed by atoms with E-state index in [1.807, 2.05) is 32.0 Å². The summed E-state index contributed by atoms with van der Waals surface area (Å²) in [6.07, 6.45) is 3.14. The topological polar surface area (TPSA) is 75.0 Å². The molecule has 1 aliphatic rings. The Morgan fingerprint density at radius 1 is 1.19 bits per heavy atom. The minimum absolute atomic E-state index is 0.263. The quantitative estimate of drug-likeness (QED) is 0.240. The van der Waals surface area contributed by atoms with Gasteiger partial charge in [0, 0.05) is 24.8 Å². The molecule has 1 aromatic heterocycles. The Morgan fingerprint density at radius 2 is 2.03 bits per heavy atom. The van der Waals surface area contributed by atoms with Crippen LogP contribution in [0.1, 0.15) is 48.1 Å². The summed E-state index contributed by atoms with van der Waals surface area (Å²) in [5.41, 5.74) is 8.21. The van der Waals surface area contributed by atoms with Gasteiger partial charge in [-0.3, -0.25) is 9.69 Å². The maximum atomic E-state index is 13.1. The van der Waals surface area contributed by atoms with Crippen LogP contribution in [0.15, 0.2) is 59.9 Å². The molecule has 1 saturated heterocycles. The Balaban J connectivity index is 1.38. The van der Waals surface area contributed by atoms with Crippen molar-refractivity contribution in [3.05, 3.63) is 88.5 Å². The number of hydrogen-bond donors (Lipinski definition) is 1. The zero-order valence-electron chi connectivity index (χ0n) is 21.0. The number of aliphatic carboxylic acids is 1. The number of nitrogens with zero attached hydrogens (tertiary/aromatic N) is 3. The third-order valence-electron chi connectivity index (χ3n) is 6.78. The normalized spacial score (nSPS) is 16.3. The van der Waals surface area contributed by atoms with Gasteiger partial charge in [-0.05, 0) is 84.8 Å². The molecular formula is C29H32FN3O3. The van der Waals surface area contributed by atoms with Gasteiger partial charge in [-0.2, -0.15) is 4.39 Å². The molecule has 188 valence electrons. The first kappa shape index (κ1) is 25.5. The number of carbonyl (C=O) groups is 1. The van der Waals surface area contributed by atoms with Crippen LogP contribution in [0.4, 0.5) is 4.39 Å². The van der Waals surface area contributed by atoms with Gasteiger partial charge in [0.25, 0.3) is 0 Å². The standard InChI is InChI=1S/C29H32FN3O3/c1-4-22-14-23(6-7-25(22)16-33-12-11-26(17-33)29(34)35)20(3)32-36-18-21-5-9-27(19(2)13-21)24-8-10-28(30)31-15-24/h5-10,13-15,26H,4,11-12,16-18H2,1-3H3,(H,34,35)/b32-20+/t26-/m0/s1. The number of rotatable bonds is 9. The first-order chi connectivity index (χ1) is 17.3. The molecule has 7 heteroatoms. The van der Waals surface area contributed by atoms with Crippen LogP contribution in [0.3, 0.4) is 0 Å². The summed E-state index contributed by atoms with van der Waals surface area (Å²) < 4.78 is 13.1.